The smallest absolute Gasteiger partial charge is 0.221 e. The fraction of sp³-hybridized carbons (Fsp3) is 0.364. The van der Waals surface area contributed by atoms with Crippen molar-refractivity contribution in [3.8, 4) is 0 Å². The van der Waals surface area contributed by atoms with Gasteiger partial charge in [-0.25, -0.2) is 9.97 Å². The van der Waals surface area contributed by atoms with E-state index in [9.17, 15) is 9.59 Å². The Labute approximate surface area is 175 Å². The second kappa shape index (κ2) is 8.94. The van der Waals surface area contributed by atoms with Gasteiger partial charge in [0.15, 0.2) is 5.78 Å². The number of Topliss-reactive ketones (excluding diaryl/α,β-unsaturated/α-hetero) is 1. The van der Waals surface area contributed by atoms with Crippen LogP contribution in [0.15, 0.2) is 42.9 Å². The van der Waals surface area contributed by atoms with Crippen LogP contribution < -0.4 is 15.5 Å². The van der Waals surface area contributed by atoms with Crippen LogP contribution in [0.3, 0.4) is 0 Å². The van der Waals surface area contributed by atoms with E-state index in [0.717, 1.165) is 48.5 Å². The predicted octanol–water partition coefficient (Wildman–Crippen LogP) is 3.20. The van der Waals surface area contributed by atoms with Gasteiger partial charge in [0, 0.05) is 44.0 Å². The van der Waals surface area contributed by atoms with E-state index in [1.165, 1.54) is 6.92 Å². The van der Waals surface area contributed by atoms with Crippen LogP contribution >= 0.6 is 0 Å². The molecule has 1 atom stereocenters. The van der Waals surface area contributed by atoms with E-state index in [2.05, 4.69) is 30.5 Å². The molecule has 1 aromatic carbocycles. The maximum atomic E-state index is 12.6. The van der Waals surface area contributed by atoms with Gasteiger partial charge in [0.2, 0.25) is 5.91 Å². The van der Waals surface area contributed by atoms with Gasteiger partial charge < -0.3 is 20.5 Å². The highest BCUT2D eigenvalue weighted by Crippen LogP contribution is 2.28. The SMILES string of the molecule is CC(=O)Nc1cccc(NCC(=O)CC2CCCN(c3ncnc4[nH]ccc34)C2)c1. The van der Waals surface area contributed by atoms with E-state index in [1.54, 1.807) is 6.33 Å². The number of benzene rings is 1. The number of nitrogens with one attached hydrogen (secondary N) is 3. The molecule has 156 valence electrons. The highest BCUT2D eigenvalue weighted by Gasteiger charge is 2.24. The minimum absolute atomic E-state index is 0.120. The summed E-state index contributed by atoms with van der Waals surface area (Å²) in [6.45, 7) is 3.51. The Morgan fingerprint density at radius 3 is 2.97 bits per heavy atom. The molecule has 0 aliphatic carbocycles. The molecule has 1 aliphatic rings. The minimum Gasteiger partial charge on any atom is -0.378 e. The third-order valence-corrected chi connectivity index (χ3v) is 5.34. The number of aromatic nitrogens is 3. The minimum atomic E-state index is -0.120. The zero-order valence-electron chi connectivity index (χ0n) is 17.0. The van der Waals surface area contributed by atoms with Crippen molar-refractivity contribution in [1.29, 1.82) is 0 Å². The number of amides is 1. The van der Waals surface area contributed by atoms with Gasteiger partial charge in [0.25, 0.3) is 0 Å². The van der Waals surface area contributed by atoms with Crippen LogP contribution in [0, 0.1) is 5.92 Å². The number of fused-ring (bicyclic) bond motifs is 1. The van der Waals surface area contributed by atoms with Gasteiger partial charge in [-0.3, -0.25) is 9.59 Å². The highest BCUT2D eigenvalue weighted by atomic mass is 16.1. The summed E-state index contributed by atoms with van der Waals surface area (Å²) in [6, 6.07) is 9.38. The number of nitrogens with zero attached hydrogens (tertiary/aromatic N) is 3. The fourth-order valence-electron chi connectivity index (χ4n) is 4.04. The lowest BCUT2D eigenvalue weighted by Gasteiger charge is -2.33. The molecule has 3 N–H and O–H groups in total. The molecule has 1 amide bonds. The zero-order chi connectivity index (χ0) is 20.9. The molecule has 1 saturated heterocycles. The van der Waals surface area contributed by atoms with Gasteiger partial charge in [0.05, 0.1) is 11.9 Å². The average Bonchev–Trinajstić information content (AvgIpc) is 3.21. The number of piperidine rings is 1. The lowest BCUT2D eigenvalue weighted by Crippen LogP contribution is -2.37. The van der Waals surface area contributed by atoms with Crippen molar-refractivity contribution in [3.05, 3.63) is 42.9 Å². The van der Waals surface area contributed by atoms with Crippen LogP contribution in [0.1, 0.15) is 26.2 Å². The largest absolute Gasteiger partial charge is 0.378 e. The quantitative estimate of drug-likeness (QED) is 0.557. The molecule has 8 nitrogen and oxygen atoms in total. The maximum absolute atomic E-state index is 12.6. The summed E-state index contributed by atoms with van der Waals surface area (Å²) in [4.78, 5) is 37.9. The predicted molar refractivity (Wildman–Crippen MR) is 118 cm³/mol. The number of H-pyrrole nitrogens is 1. The first-order chi connectivity index (χ1) is 14.6. The van der Waals surface area contributed by atoms with E-state index in [-0.39, 0.29) is 18.2 Å². The molecule has 0 bridgehead atoms. The summed E-state index contributed by atoms with van der Waals surface area (Å²) in [5.41, 5.74) is 2.36. The van der Waals surface area contributed by atoms with Crippen LogP contribution in [-0.4, -0.2) is 46.3 Å². The first kappa shape index (κ1) is 19.9. The maximum Gasteiger partial charge on any atom is 0.221 e. The summed E-state index contributed by atoms with van der Waals surface area (Å²) < 4.78 is 0. The molecule has 1 fully saturated rings. The molecule has 0 radical (unpaired) electrons. The van der Waals surface area contributed by atoms with Crippen LogP contribution in [0.2, 0.25) is 0 Å². The third kappa shape index (κ3) is 4.76. The molecule has 3 aromatic rings. The molecule has 0 saturated carbocycles. The van der Waals surface area contributed by atoms with Gasteiger partial charge in [-0.05, 0) is 43.0 Å². The zero-order valence-corrected chi connectivity index (χ0v) is 17.0. The number of anilines is 3. The third-order valence-electron chi connectivity index (χ3n) is 5.34. The number of carbonyl (C=O) groups is 2. The van der Waals surface area contributed by atoms with Crippen LogP contribution in [0.4, 0.5) is 17.2 Å². The number of hydrogen-bond donors (Lipinski definition) is 3. The molecule has 8 heteroatoms. The number of hydrogen-bond acceptors (Lipinski definition) is 6. The summed E-state index contributed by atoms with van der Waals surface area (Å²) in [6.07, 6.45) is 6.08. The molecular formula is C22H26N6O2. The Bertz CT molecular complexity index is 1050. The van der Waals surface area contributed by atoms with Crippen molar-refractivity contribution in [3.63, 3.8) is 0 Å². The van der Waals surface area contributed by atoms with Crippen molar-refractivity contribution >= 4 is 39.9 Å². The van der Waals surface area contributed by atoms with E-state index < -0.39 is 0 Å². The summed E-state index contributed by atoms with van der Waals surface area (Å²) in [5.74, 6) is 1.31. The monoisotopic (exact) mass is 406 g/mol. The number of ketones is 1. The Morgan fingerprint density at radius 1 is 1.23 bits per heavy atom. The van der Waals surface area contributed by atoms with Gasteiger partial charge in [-0.15, -0.1) is 0 Å². The molecule has 1 aliphatic heterocycles. The lowest BCUT2D eigenvalue weighted by atomic mass is 9.92. The fourth-order valence-corrected chi connectivity index (χ4v) is 4.04. The lowest BCUT2D eigenvalue weighted by molar-refractivity contribution is -0.118. The van der Waals surface area contributed by atoms with Crippen molar-refractivity contribution in [2.45, 2.75) is 26.2 Å². The van der Waals surface area contributed by atoms with E-state index in [4.69, 9.17) is 0 Å². The van der Waals surface area contributed by atoms with Crippen LogP contribution in [0.5, 0.6) is 0 Å². The van der Waals surface area contributed by atoms with E-state index in [1.807, 2.05) is 36.5 Å². The highest BCUT2D eigenvalue weighted by molar-refractivity contribution is 5.90. The molecule has 2 aromatic heterocycles. The number of carbonyl (C=O) groups excluding carboxylic acids is 2. The second-order valence-corrected chi connectivity index (χ2v) is 7.75. The van der Waals surface area contributed by atoms with Crippen molar-refractivity contribution < 1.29 is 9.59 Å². The van der Waals surface area contributed by atoms with Crippen molar-refractivity contribution in [1.82, 2.24) is 15.0 Å². The van der Waals surface area contributed by atoms with Crippen molar-refractivity contribution in [2.24, 2.45) is 5.92 Å². The molecule has 30 heavy (non-hydrogen) atoms. The van der Waals surface area contributed by atoms with Crippen LogP contribution in [0.25, 0.3) is 11.0 Å². The Morgan fingerprint density at radius 2 is 2.10 bits per heavy atom. The second-order valence-electron chi connectivity index (χ2n) is 7.75. The summed E-state index contributed by atoms with van der Waals surface area (Å²) >= 11 is 0. The average molecular weight is 406 g/mol. The first-order valence-corrected chi connectivity index (χ1v) is 10.2. The topological polar surface area (TPSA) is 103 Å². The van der Waals surface area contributed by atoms with Crippen molar-refractivity contribution in [2.75, 3.05) is 35.2 Å². The van der Waals surface area contributed by atoms with Gasteiger partial charge in [-0.2, -0.15) is 0 Å². The van der Waals surface area contributed by atoms with E-state index in [0.29, 0.717) is 18.0 Å². The molecule has 4 rings (SSSR count). The van der Waals surface area contributed by atoms with Crippen LogP contribution in [-0.2, 0) is 9.59 Å². The Hall–Kier alpha value is -3.42. The molecule has 1 unspecified atom stereocenters. The van der Waals surface area contributed by atoms with Gasteiger partial charge in [-0.1, -0.05) is 6.07 Å². The molecule has 3 heterocycles. The normalized spacial score (nSPS) is 16.4. The Balaban J connectivity index is 1.32. The number of aromatic amines is 1. The number of rotatable bonds is 7. The van der Waals surface area contributed by atoms with Gasteiger partial charge >= 0.3 is 0 Å². The Kier molecular flexibility index (Phi) is 5.92. The first-order valence-electron chi connectivity index (χ1n) is 10.2. The standard InChI is InChI=1S/C22H26N6O2/c1-15(29)27-18-6-2-5-17(11-18)24-12-19(30)10-16-4-3-9-28(13-16)22-20-7-8-23-21(20)25-14-26-22/h2,5-8,11,14,16,24H,3-4,9-10,12-13H2,1H3,(H,27,29)(H,23,25,26). The van der Waals surface area contributed by atoms with Gasteiger partial charge in [0.1, 0.15) is 17.8 Å². The summed E-state index contributed by atoms with van der Waals surface area (Å²) in [5, 5.41) is 6.94. The molecular weight excluding hydrogens is 380 g/mol. The summed E-state index contributed by atoms with van der Waals surface area (Å²) in [7, 11) is 0. The van der Waals surface area contributed by atoms with E-state index >= 15 is 0 Å². The molecule has 0 spiro atoms.